The Hall–Kier alpha value is -1.35. The first-order chi connectivity index (χ1) is 8.04. The first-order valence-electron chi connectivity index (χ1n) is 6.07. The molecule has 0 saturated heterocycles. The zero-order valence-corrected chi connectivity index (χ0v) is 11.0. The van der Waals surface area contributed by atoms with Crippen molar-refractivity contribution < 1.29 is 4.79 Å². The monoisotopic (exact) mass is 234 g/mol. The molecule has 2 N–H and O–H groups in total. The number of hydrogen-bond donors (Lipinski definition) is 1. The van der Waals surface area contributed by atoms with Crippen LogP contribution in [0.15, 0.2) is 18.2 Å². The fourth-order valence-electron chi connectivity index (χ4n) is 1.86. The van der Waals surface area contributed by atoms with Gasteiger partial charge >= 0.3 is 0 Å². The molecule has 17 heavy (non-hydrogen) atoms. The molecule has 0 aliphatic heterocycles. The molecule has 3 nitrogen and oxygen atoms in total. The number of amides is 1. The van der Waals surface area contributed by atoms with Gasteiger partial charge in [-0.25, -0.2) is 0 Å². The van der Waals surface area contributed by atoms with E-state index in [0.29, 0.717) is 0 Å². The first-order valence-corrected chi connectivity index (χ1v) is 6.07. The molecular formula is C14H22N2O. The molecule has 1 amide bonds. The molecule has 0 aliphatic carbocycles. The average molecular weight is 234 g/mol. The minimum absolute atomic E-state index is 0.0637. The standard InChI is InChI=1S/C14H22N2O/c1-11-8-12(6-4-5-7-15)10-13(9-11)14(17)16(2)3/h8-10H,4-7,15H2,1-3H3. The van der Waals surface area contributed by atoms with Gasteiger partial charge in [-0.15, -0.1) is 0 Å². The van der Waals surface area contributed by atoms with E-state index in [1.54, 1.807) is 19.0 Å². The Bertz CT molecular complexity index is 386. The summed E-state index contributed by atoms with van der Waals surface area (Å²) < 4.78 is 0. The first kappa shape index (κ1) is 13.7. The highest BCUT2D eigenvalue weighted by Gasteiger charge is 2.09. The average Bonchev–Trinajstić information content (AvgIpc) is 2.27. The van der Waals surface area contributed by atoms with Crippen LogP contribution in [0, 0.1) is 6.92 Å². The Morgan fingerprint density at radius 3 is 2.53 bits per heavy atom. The molecule has 0 radical (unpaired) electrons. The van der Waals surface area contributed by atoms with Crippen molar-refractivity contribution in [3.05, 3.63) is 34.9 Å². The molecule has 1 rings (SSSR count). The molecule has 3 heteroatoms. The van der Waals surface area contributed by atoms with Crippen LogP contribution in [0.2, 0.25) is 0 Å². The quantitative estimate of drug-likeness (QED) is 0.792. The van der Waals surface area contributed by atoms with Crippen molar-refractivity contribution in [3.63, 3.8) is 0 Å². The van der Waals surface area contributed by atoms with Gasteiger partial charge in [0.25, 0.3) is 5.91 Å². The van der Waals surface area contributed by atoms with Crippen molar-refractivity contribution in [1.29, 1.82) is 0 Å². The van der Waals surface area contributed by atoms with Crippen molar-refractivity contribution in [3.8, 4) is 0 Å². The number of carbonyl (C=O) groups is 1. The van der Waals surface area contributed by atoms with Crippen LogP contribution in [0.1, 0.15) is 34.3 Å². The van der Waals surface area contributed by atoms with Gasteiger partial charge in [0.2, 0.25) is 0 Å². The normalized spacial score (nSPS) is 10.4. The van der Waals surface area contributed by atoms with E-state index in [9.17, 15) is 4.79 Å². The van der Waals surface area contributed by atoms with E-state index in [1.807, 2.05) is 19.1 Å². The maximum atomic E-state index is 11.9. The van der Waals surface area contributed by atoms with Crippen molar-refractivity contribution in [2.45, 2.75) is 26.2 Å². The Balaban J connectivity index is 2.83. The number of nitrogens with two attached hydrogens (primary N) is 1. The number of unbranched alkanes of at least 4 members (excludes halogenated alkanes) is 1. The molecule has 0 aromatic heterocycles. The van der Waals surface area contributed by atoms with E-state index >= 15 is 0 Å². The van der Waals surface area contributed by atoms with Crippen LogP contribution in [0.25, 0.3) is 0 Å². The number of carbonyl (C=O) groups excluding carboxylic acids is 1. The third kappa shape index (κ3) is 4.19. The maximum absolute atomic E-state index is 11.9. The Morgan fingerprint density at radius 1 is 1.24 bits per heavy atom. The van der Waals surface area contributed by atoms with Crippen LogP contribution < -0.4 is 5.73 Å². The zero-order chi connectivity index (χ0) is 12.8. The maximum Gasteiger partial charge on any atom is 0.253 e. The highest BCUT2D eigenvalue weighted by Crippen LogP contribution is 2.13. The molecular weight excluding hydrogens is 212 g/mol. The number of hydrogen-bond acceptors (Lipinski definition) is 2. The Morgan fingerprint density at radius 2 is 1.94 bits per heavy atom. The third-order valence-corrected chi connectivity index (χ3v) is 2.71. The Labute approximate surface area is 104 Å². The highest BCUT2D eigenvalue weighted by molar-refractivity contribution is 5.94. The van der Waals surface area contributed by atoms with E-state index in [0.717, 1.165) is 36.9 Å². The lowest BCUT2D eigenvalue weighted by Crippen LogP contribution is -2.21. The fourth-order valence-corrected chi connectivity index (χ4v) is 1.86. The summed E-state index contributed by atoms with van der Waals surface area (Å²) >= 11 is 0. The lowest BCUT2D eigenvalue weighted by atomic mass is 10.0. The molecule has 0 spiro atoms. The molecule has 0 atom stereocenters. The van der Waals surface area contributed by atoms with E-state index in [-0.39, 0.29) is 5.91 Å². The SMILES string of the molecule is Cc1cc(CCCCN)cc(C(=O)N(C)C)c1. The molecule has 1 aromatic rings. The lowest BCUT2D eigenvalue weighted by Gasteiger charge is -2.12. The van der Waals surface area contributed by atoms with E-state index in [1.165, 1.54) is 5.56 Å². The van der Waals surface area contributed by atoms with E-state index in [4.69, 9.17) is 5.73 Å². The summed E-state index contributed by atoms with van der Waals surface area (Å²) in [6.07, 6.45) is 3.10. The number of rotatable bonds is 5. The second-order valence-electron chi connectivity index (χ2n) is 4.65. The Kier molecular flexibility index (Phi) is 5.16. The molecule has 0 aliphatic rings. The van der Waals surface area contributed by atoms with Gasteiger partial charge in [0.15, 0.2) is 0 Å². The second kappa shape index (κ2) is 6.40. The summed E-state index contributed by atoms with van der Waals surface area (Å²) in [4.78, 5) is 13.5. The van der Waals surface area contributed by atoms with Crippen LogP contribution in [0.4, 0.5) is 0 Å². The van der Waals surface area contributed by atoms with Crippen LogP contribution in [-0.2, 0) is 6.42 Å². The van der Waals surface area contributed by atoms with E-state index < -0.39 is 0 Å². The minimum Gasteiger partial charge on any atom is -0.345 e. The number of nitrogens with zero attached hydrogens (tertiary/aromatic N) is 1. The van der Waals surface area contributed by atoms with Gasteiger partial charge in [-0.2, -0.15) is 0 Å². The van der Waals surface area contributed by atoms with Crippen molar-refractivity contribution in [2.75, 3.05) is 20.6 Å². The van der Waals surface area contributed by atoms with Gasteiger partial charge in [0.05, 0.1) is 0 Å². The number of benzene rings is 1. The van der Waals surface area contributed by atoms with Crippen molar-refractivity contribution >= 4 is 5.91 Å². The predicted molar refractivity (Wildman–Crippen MR) is 71.2 cm³/mol. The highest BCUT2D eigenvalue weighted by atomic mass is 16.2. The molecule has 0 unspecified atom stereocenters. The summed E-state index contributed by atoms with van der Waals surface area (Å²) in [6.45, 7) is 2.76. The van der Waals surface area contributed by atoms with Crippen molar-refractivity contribution in [1.82, 2.24) is 4.90 Å². The van der Waals surface area contributed by atoms with Crippen LogP contribution in [0.5, 0.6) is 0 Å². The van der Waals surface area contributed by atoms with Gasteiger partial charge in [-0.05, 0) is 50.4 Å². The number of aryl methyl sites for hydroxylation is 2. The van der Waals surface area contributed by atoms with Crippen LogP contribution in [0.3, 0.4) is 0 Å². The smallest absolute Gasteiger partial charge is 0.253 e. The largest absolute Gasteiger partial charge is 0.345 e. The molecule has 0 heterocycles. The van der Waals surface area contributed by atoms with Gasteiger partial charge in [-0.3, -0.25) is 4.79 Å². The summed E-state index contributed by atoms with van der Waals surface area (Å²) in [5.41, 5.74) is 8.62. The van der Waals surface area contributed by atoms with Crippen molar-refractivity contribution in [2.24, 2.45) is 5.73 Å². The summed E-state index contributed by atoms with van der Waals surface area (Å²) in [5.74, 6) is 0.0637. The lowest BCUT2D eigenvalue weighted by molar-refractivity contribution is 0.0827. The summed E-state index contributed by atoms with van der Waals surface area (Å²) in [7, 11) is 3.55. The molecule has 0 bridgehead atoms. The zero-order valence-electron chi connectivity index (χ0n) is 11.0. The molecule has 0 fully saturated rings. The predicted octanol–water partition coefficient (Wildman–Crippen LogP) is 1.98. The van der Waals surface area contributed by atoms with Gasteiger partial charge < -0.3 is 10.6 Å². The fraction of sp³-hybridized carbons (Fsp3) is 0.500. The van der Waals surface area contributed by atoms with Gasteiger partial charge in [0, 0.05) is 19.7 Å². The van der Waals surface area contributed by atoms with Gasteiger partial charge in [0.1, 0.15) is 0 Å². The minimum atomic E-state index is 0.0637. The topological polar surface area (TPSA) is 46.3 Å². The second-order valence-corrected chi connectivity index (χ2v) is 4.65. The summed E-state index contributed by atoms with van der Waals surface area (Å²) in [5, 5.41) is 0. The third-order valence-electron chi connectivity index (χ3n) is 2.71. The van der Waals surface area contributed by atoms with Crippen LogP contribution >= 0.6 is 0 Å². The molecule has 1 aromatic carbocycles. The summed E-state index contributed by atoms with van der Waals surface area (Å²) in [6, 6.07) is 6.07. The van der Waals surface area contributed by atoms with Crippen LogP contribution in [-0.4, -0.2) is 31.4 Å². The molecule has 94 valence electrons. The van der Waals surface area contributed by atoms with E-state index in [2.05, 4.69) is 6.07 Å². The van der Waals surface area contributed by atoms with Gasteiger partial charge in [-0.1, -0.05) is 11.6 Å². The molecule has 0 saturated carbocycles.